The van der Waals surface area contributed by atoms with Gasteiger partial charge in [0.15, 0.2) is 0 Å². The van der Waals surface area contributed by atoms with Gasteiger partial charge in [0.2, 0.25) is 0 Å². The van der Waals surface area contributed by atoms with Crippen LogP contribution in [0.25, 0.3) is 0 Å². The molecular formula is C15H24N2O4. The van der Waals surface area contributed by atoms with Gasteiger partial charge in [-0.3, -0.25) is 14.7 Å². The van der Waals surface area contributed by atoms with Crippen LogP contribution in [-0.2, 0) is 14.3 Å². The van der Waals surface area contributed by atoms with Crippen LogP contribution in [0, 0.1) is 0 Å². The second kappa shape index (κ2) is 7.26. The molecule has 1 heterocycles. The van der Waals surface area contributed by atoms with Crippen molar-refractivity contribution in [2.45, 2.75) is 46.3 Å². The molecule has 1 aromatic heterocycles. The molecular weight excluding hydrogens is 272 g/mol. The number of hydrogen-bond donors (Lipinski definition) is 1. The highest BCUT2D eigenvalue weighted by molar-refractivity contribution is 5.73. The summed E-state index contributed by atoms with van der Waals surface area (Å²) in [6.45, 7) is 9.52. The van der Waals surface area contributed by atoms with Gasteiger partial charge in [-0.2, -0.15) is 0 Å². The smallest absolute Gasteiger partial charge is 0.418 e. The number of aromatic nitrogens is 1. The Balaban J connectivity index is 2.70. The van der Waals surface area contributed by atoms with E-state index < -0.39 is 11.7 Å². The van der Waals surface area contributed by atoms with Crippen LogP contribution in [0.4, 0.5) is 4.79 Å². The number of nitrogens with zero attached hydrogens (tertiary/aromatic N) is 1. The van der Waals surface area contributed by atoms with Gasteiger partial charge in [0.1, 0.15) is 5.60 Å². The SMILES string of the molecule is CCOC(=O)CNC(C)c1cccn1C(=O)OC(C)(C)C. The summed E-state index contributed by atoms with van der Waals surface area (Å²) in [7, 11) is 0. The largest absolute Gasteiger partial charge is 0.465 e. The molecule has 6 nitrogen and oxygen atoms in total. The first-order chi connectivity index (χ1) is 9.74. The van der Waals surface area contributed by atoms with Gasteiger partial charge >= 0.3 is 12.1 Å². The predicted molar refractivity (Wildman–Crippen MR) is 79.1 cm³/mol. The molecule has 0 bridgehead atoms. The summed E-state index contributed by atoms with van der Waals surface area (Å²) >= 11 is 0. The molecule has 0 saturated heterocycles. The standard InChI is InChI=1S/C15H24N2O4/c1-6-20-13(18)10-16-11(2)12-8-7-9-17(12)14(19)21-15(3,4)5/h7-9,11,16H,6,10H2,1-5H3. The van der Waals surface area contributed by atoms with Gasteiger partial charge in [0.25, 0.3) is 0 Å². The first-order valence-corrected chi connectivity index (χ1v) is 7.04. The number of carbonyl (C=O) groups excluding carboxylic acids is 2. The molecule has 1 N–H and O–H groups in total. The topological polar surface area (TPSA) is 69.6 Å². The molecule has 0 aliphatic heterocycles. The van der Waals surface area contributed by atoms with Crippen molar-refractivity contribution in [2.24, 2.45) is 0 Å². The molecule has 0 aromatic carbocycles. The molecule has 21 heavy (non-hydrogen) atoms. The van der Waals surface area contributed by atoms with Crippen molar-refractivity contribution >= 4 is 12.1 Å². The summed E-state index contributed by atoms with van der Waals surface area (Å²) in [6, 6.07) is 3.39. The second-order valence-electron chi connectivity index (χ2n) is 5.69. The second-order valence-corrected chi connectivity index (χ2v) is 5.69. The number of esters is 1. The Kier molecular flexibility index (Phi) is 5.96. The fraction of sp³-hybridized carbons (Fsp3) is 0.600. The first-order valence-electron chi connectivity index (χ1n) is 7.04. The number of nitrogens with one attached hydrogen (secondary N) is 1. The van der Waals surface area contributed by atoms with Crippen molar-refractivity contribution < 1.29 is 19.1 Å². The number of rotatable bonds is 5. The molecule has 1 unspecified atom stereocenters. The van der Waals surface area contributed by atoms with Crippen LogP contribution in [0.2, 0.25) is 0 Å². The zero-order chi connectivity index (χ0) is 16.0. The molecule has 118 valence electrons. The van der Waals surface area contributed by atoms with Crippen LogP contribution in [0.15, 0.2) is 18.3 Å². The number of ether oxygens (including phenoxy) is 2. The molecule has 0 saturated carbocycles. The van der Waals surface area contributed by atoms with Gasteiger partial charge in [-0.15, -0.1) is 0 Å². The van der Waals surface area contributed by atoms with E-state index >= 15 is 0 Å². The Hall–Kier alpha value is -1.82. The molecule has 0 spiro atoms. The first kappa shape index (κ1) is 17.2. The zero-order valence-electron chi connectivity index (χ0n) is 13.3. The van der Waals surface area contributed by atoms with Crippen molar-refractivity contribution in [2.75, 3.05) is 13.2 Å². The van der Waals surface area contributed by atoms with E-state index in [0.717, 1.165) is 5.69 Å². The molecule has 0 fully saturated rings. The van der Waals surface area contributed by atoms with E-state index in [1.807, 2.05) is 33.8 Å². The average molecular weight is 296 g/mol. The van der Waals surface area contributed by atoms with Gasteiger partial charge in [0, 0.05) is 17.9 Å². The Morgan fingerprint density at radius 1 is 1.38 bits per heavy atom. The maximum Gasteiger partial charge on any atom is 0.418 e. The van der Waals surface area contributed by atoms with E-state index in [4.69, 9.17) is 9.47 Å². The van der Waals surface area contributed by atoms with E-state index in [1.54, 1.807) is 19.2 Å². The van der Waals surface area contributed by atoms with Crippen molar-refractivity contribution in [3.8, 4) is 0 Å². The third kappa shape index (κ3) is 5.59. The summed E-state index contributed by atoms with van der Waals surface area (Å²) in [5, 5.41) is 3.02. The third-order valence-corrected chi connectivity index (χ3v) is 2.67. The highest BCUT2D eigenvalue weighted by atomic mass is 16.6. The normalized spacial score (nSPS) is 12.8. The Bertz CT molecular complexity index is 488. The van der Waals surface area contributed by atoms with E-state index in [1.165, 1.54) is 4.57 Å². The van der Waals surface area contributed by atoms with Gasteiger partial charge < -0.3 is 9.47 Å². The Morgan fingerprint density at radius 3 is 2.62 bits per heavy atom. The van der Waals surface area contributed by atoms with E-state index in [9.17, 15) is 9.59 Å². The summed E-state index contributed by atoms with van der Waals surface area (Å²) in [5.41, 5.74) is 0.175. The minimum Gasteiger partial charge on any atom is -0.465 e. The van der Waals surface area contributed by atoms with E-state index in [-0.39, 0.29) is 18.6 Å². The minimum atomic E-state index is -0.555. The zero-order valence-corrected chi connectivity index (χ0v) is 13.3. The van der Waals surface area contributed by atoms with E-state index in [2.05, 4.69) is 5.32 Å². The molecule has 1 aromatic rings. The van der Waals surface area contributed by atoms with Crippen molar-refractivity contribution in [3.05, 3.63) is 24.0 Å². The third-order valence-electron chi connectivity index (χ3n) is 2.67. The lowest BCUT2D eigenvalue weighted by molar-refractivity contribution is -0.142. The lowest BCUT2D eigenvalue weighted by atomic mass is 10.2. The molecule has 1 rings (SSSR count). The molecule has 1 atom stereocenters. The van der Waals surface area contributed by atoms with Crippen LogP contribution < -0.4 is 5.32 Å². The van der Waals surface area contributed by atoms with Crippen LogP contribution >= 0.6 is 0 Å². The van der Waals surface area contributed by atoms with E-state index in [0.29, 0.717) is 6.61 Å². The Morgan fingerprint density at radius 2 is 2.05 bits per heavy atom. The van der Waals surface area contributed by atoms with Gasteiger partial charge in [-0.25, -0.2) is 4.79 Å². The molecule has 0 aliphatic rings. The summed E-state index contributed by atoms with van der Waals surface area (Å²) < 4.78 is 11.6. The quantitative estimate of drug-likeness (QED) is 0.845. The van der Waals surface area contributed by atoms with Crippen molar-refractivity contribution in [1.82, 2.24) is 9.88 Å². The van der Waals surface area contributed by atoms with Crippen LogP contribution in [0.1, 0.15) is 46.4 Å². The van der Waals surface area contributed by atoms with Gasteiger partial charge in [0.05, 0.1) is 13.2 Å². The molecule has 6 heteroatoms. The number of carbonyl (C=O) groups is 2. The summed E-state index contributed by atoms with van der Waals surface area (Å²) in [4.78, 5) is 23.4. The highest BCUT2D eigenvalue weighted by Gasteiger charge is 2.21. The maximum atomic E-state index is 12.1. The highest BCUT2D eigenvalue weighted by Crippen LogP contribution is 2.16. The monoisotopic (exact) mass is 296 g/mol. The van der Waals surface area contributed by atoms with Crippen LogP contribution in [0.3, 0.4) is 0 Å². The van der Waals surface area contributed by atoms with Gasteiger partial charge in [-0.05, 0) is 46.8 Å². The van der Waals surface area contributed by atoms with Crippen LogP contribution in [0.5, 0.6) is 0 Å². The predicted octanol–water partition coefficient (Wildman–Crippen LogP) is 2.49. The van der Waals surface area contributed by atoms with Crippen LogP contribution in [-0.4, -0.2) is 35.4 Å². The summed E-state index contributed by atoms with van der Waals surface area (Å²) in [6.07, 6.45) is 1.21. The molecule has 0 radical (unpaired) electrons. The van der Waals surface area contributed by atoms with Crippen molar-refractivity contribution in [3.63, 3.8) is 0 Å². The molecule has 0 amide bonds. The maximum absolute atomic E-state index is 12.1. The number of hydrogen-bond acceptors (Lipinski definition) is 5. The Labute approximate surface area is 125 Å². The average Bonchev–Trinajstić information content (AvgIpc) is 2.83. The fourth-order valence-electron chi connectivity index (χ4n) is 1.78. The van der Waals surface area contributed by atoms with Crippen molar-refractivity contribution in [1.29, 1.82) is 0 Å². The molecule has 0 aliphatic carbocycles. The lowest BCUT2D eigenvalue weighted by Gasteiger charge is -2.22. The minimum absolute atomic E-state index is 0.0918. The van der Waals surface area contributed by atoms with Gasteiger partial charge in [-0.1, -0.05) is 0 Å². The summed E-state index contributed by atoms with van der Waals surface area (Å²) in [5.74, 6) is -0.320. The fourth-order valence-corrected chi connectivity index (χ4v) is 1.78. The lowest BCUT2D eigenvalue weighted by Crippen LogP contribution is -2.31.